The van der Waals surface area contributed by atoms with Gasteiger partial charge >= 0.3 is 0 Å². The number of benzene rings is 2. The molecule has 8 nitrogen and oxygen atoms in total. The monoisotopic (exact) mass is 479 g/mol. The first-order valence-electron chi connectivity index (χ1n) is 11.8. The fourth-order valence-electron chi connectivity index (χ4n) is 4.41. The summed E-state index contributed by atoms with van der Waals surface area (Å²) in [6, 6.07) is 12.8. The van der Waals surface area contributed by atoms with E-state index in [4.69, 9.17) is 10.5 Å². The second-order valence-corrected chi connectivity index (χ2v) is 9.38. The van der Waals surface area contributed by atoms with Gasteiger partial charge in [-0.05, 0) is 41.7 Å². The molecule has 0 spiro atoms. The number of methoxy groups -OCH3 is 1. The number of Topliss-reactive ketones (excluding diaryl/α,β-unsaturated/α-hetero) is 1. The minimum atomic E-state index is -0.902. The van der Waals surface area contributed by atoms with Crippen LogP contribution in [-0.4, -0.2) is 42.7 Å². The molecule has 3 atom stereocenters. The lowest BCUT2D eigenvalue weighted by molar-refractivity contribution is -0.131. The van der Waals surface area contributed by atoms with Crippen LogP contribution in [0.5, 0.6) is 5.75 Å². The first kappa shape index (κ1) is 25.9. The van der Waals surface area contributed by atoms with Crippen molar-refractivity contribution < 1.29 is 23.9 Å². The summed E-state index contributed by atoms with van der Waals surface area (Å²) in [5.41, 5.74) is 7.73. The summed E-state index contributed by atoms with van der Waals surface area (Å²) in [4.78, 5) is 50.5. The van der Waals surface area contributed by atoms with Crippen molar-refractivity contribution >= 4 is 23.5 Å². The molecule has 4 N–H and O–H groups in total. The topological polar surface area (TPSA) is 128 Å². The summed E-state index contributed by atoms with van der Waals surface area (Å²) in [5.74, 6) is -0.999. The highest BCUT2D eigenvalue weighted by Gasteiger charge is 2.33. The molecule has 3 amide bonds. The second kappa shape index (κ2) is 11.6. The molecule has 0 saturated heterocycles. The zero-order valence-electron chi connectivity index (χ0n) is 20.4. The maximum atomic E-state index is 13.1. The molecule has 3 rings (SSSR count). The van der Waals surface area contributed by atoms with E-state index in [1.807, 2.05) is 44.2 Å². The molecule has 0 aromatic heterocycles. The minimum absolute atomic E-state index is 0.0167. The van der Waals surface area contributed by atoms with Gasteiger partial charge in [-0.25, -0.2) is 0 Å². The molecule has 2 aromatic rings. The number of nitrogens with two attached hydrogens (primary N) is 1. The standard InChI is InChI=1S/C27H33N3O5/c1-16(2)11-22(26(28)33)30-27(34)23(12-17-7-5-4-6-8-17)29-25(32)14-18-13-24(31)20-10-9-19(35-3)15-21(18)20/h4-10,15-16,18,22-23H,11-14H2,1-3H3,(H2,28,33)(H,29,32)(H,30,34)/t18?,22-,23-/m1/s1. The maximum absolute atomic E-state index is 13.1. The van der Waals surface area contributed by atoms with Gasteiger partial charge in [-0.15, -0.1) is 0 Å². The number of carbonyl (C=O) groups is 4. The molecule has 8 heteroatoms. The SMILES string of the molecule is COc1ccc2c(c1)C(CC(=O)N[C@H](Cc1ccccc1)C(=O)N[C@H](CC(C)C)C(N)=O)CC2=O. The van der Waals surface area contributed by atoms with Crippen molar-refractivity contribution in [2.45, 2.75) is 57.5 Å². The molecule has 35 heavy (non-hydrogen) atoms. The average Bonchev–Trinajstić information content (AvgIpc) is 3.12. The van der Waals surface area contributed by atoms with Crippen LogP contribution in [0.4, 0.5) is 0 Å². The maximum Gasteiger partial charge on any atom is 0.243 e. The van der Waals surface area contributed by atoms with Crippen molar-refractivity contribution in [3.8, 4) is 5.75 Å². The first-order valence-corrected chi connectivity index (χ1v) is 11.8. The number of fused-ring (bicyclic) bond motifs is 1. The number of hydrogen-bond acceptors (Lipinski definition) is 5. The van der Waals surface area contributed by atoms with Gasteiger partial charge < -0.3 is 21.1 Å². The second-order valence-electron chi connectivity index (χ2n) is 9.38. The van der Waals surface area contributed by atoms with Gasteiger partial charge in [0.1, 0.15) is 17.8 Å². The first-order chi connectivity index (χ1) is 16.7. The Balaban J connectivity index is 1.75. The van der Waals surface area contributed by atoms with E-state index in [-0.39, 0.29) is 42.8 Å². The Kier molecular flexibility index (Phi) is 8.63. The highest BCUT2D eigenvalue weighted by Crippen LogP contribution is 2.37. The number of ether oxygens (including phenoxy) is 1. The zero-order chi connectivity index (χ0) is 25.5. The van der Waals surface area contributed by atoms with E-state index in [2.05, 4.69) is 10.6 Å². The van der Waals surface area contributed by atoms with Crippen LogP contribution in [0.3, 0.4) is 0 Å². The molecule has 0 heterocycles. The summed E-state index contributed by atoms with van der Waals surface area (Å²) in [6.45, 7) is 3.86. The lowest BCUT2D eigenvalue weighted by Crippen LogP contribution is -2.54. The summed E-state index contributed by atoms with van der Waals surface area (Å²) in [7, 11) is 1.55. The third-order valence-corrected chi connectivity index (χ3v) is 6.16. The Morgan fingerprint density at radius 2 is 1.77 bits per heavy atom. The van der Waals surface area contributed by atoms with Crippen LogP contribution in [0.1, 0.15) is 60.5 Å². The van der Waals surface area contributed by atoms with Gasteiger partial charge in [0, 0.05) is 30.7 Å². The largest absolute Gasteiger partial charge is 0.497 e. The molecule has 0 bridgehead atoms. The zero-order valence-corrected chi connectivity index (χ0v) is 20.4. The van der Waals surface area contributed by atoms with E-state index >= 15 is 0 Å². The molecule has 1 aliphatic rings. The summed E-state index contributed by atoms with van der Waals surface area (Å²) in [5, 5.41) is 5.52. The average molecular weight is 480 g/mol. The number of amides is 3. The molecule has 0 fully saturated rings. The summed E-state index contributed by atoms with van der Waals surface area (Å²) in [6.07, 6.45) is 0.925. The van der Waals surface area contributed by atoms with Crippen LogP contribution in [0.15, 0.2) is 48.5 Å². The van der Waals surface area contributed by atoms with Crippen LogP contribution in [-0.2, 0) is 20.8 Å². The molecular weight excluding hydrogens is 446 g/mol. The Labute approximate surface area is 205 Å². The molecule has 2 aromatic carbocycles. The lowest BCUT2D eigenvalue weighted by Gasteiger charge is -2.23. The minimum Gasteiger partial charge on any atom is -0.497 e. The van der Waals surface area contributed by atoms with E-state index in [0.717, 1.165) is 11.1 Å². The van der Waals surface area contributed by atoms with Gasteiger partial charge in [-0.1, -0.05) is 44.2 Å². The van der Waals surface area contributed by atoms with E-state index in [1.54, 1.807) is 25.3 Å². The predicted molar refractivity (Wildman–Crippen MR) is 132 cm³/mol. The van der Waals surface area contributed by atoms with Crippen molar-refractivity contribution in [2.24, 2.45) is 11.7 Å². The molecule has 1 aliphatic carbocycles. The predicted octanol–water partition coefficient (Wildman–Crippen LogP) is 2.50. The van der Waals surface area contributed by atoms with E-state index in [1.165, 1.54) is 0 Å². The smallest absolute Gasteiger partial charge is 0.243 e. The van der Waals surface area contributed by atoms with Crippen LogP contribution in [0.2, 0.25) is 0 Å². The number of ketones is 1. The Hall–Kier alpha value is -3.68. The molecule has 186 valence electrons. The van der Waals surface area contributed by atoms with Gasteiger partial charge in [-0.2, -0.15) is 0 Å². The van der Waals surface area contributed by atoms with Gasteiger partial charge in [0.25, 0.3) is 0 Å². The van der Waals surface area contributed by atoms with Gasteiger partial charge in [0.15, 0.2) is 5.78 Å². The molecule has 0 saturated carbocycles. The van der Waals surface area contributed by atoms with E-state index < -0.39 is 23.9 Å². The highest BCUT2D eigenvalue weighted by atomic mass is 16.5. The van der Waals surface area contributed by atoms with Gasteiger partial charge in [-0.3, -0.25) is 19.2 Å². The molecule has 1 unspecified atom stereocenters. The third-order valence-electron chi connectivity index (χ3n) is 6.16. The van der Waals surface area contributed by atoms with Crippen molar-refractivity contribution in [2.75, 3.05) is 7.11 Å². The Morgan fingerprint density at radius 1 is 1.06 bits per heavy atom. The fraction of sp³-hybridized carbons (Fsp3) is 0.407. The normalized spacial score (nSPS) is 16.3. The number of hydrogen-bond donors (Lipinski definition) is 3. The van der Waals surface area contributed by atoms with Crippen LogP contribution in [0, 0.1) is 5.92 Å². The van der Waals surface area contributed by atoms with Crippen LogP contribution in [0.25, 0.3) is 0 Å². The number of primary amides is 1. The number of carbonyl (C=O) groups excluding carboxylic acids is 4. The molecule has 0 radical (unpaired) electrons. The van der Waals surface area contributed by atoms with Crippen molar-refractivity contribution in [1.29, 1.82) is 0 Å². The van der Waals surface area contributed by atoms with Crippen LogP contribution < -0.4 is 21.1 Å². The lowest BCUT2D eigenvalue weighted by atomic mass is 9.96. The van der Waals surface area contributed by atoms with Gasteiger partial charge in [0.05, 0.1) is 7.11 Å². The van der Waals surface area contributed by atoms with E-state index in [9.17, 15) is 19.2 Å². The van der Waals surface area contributed by atoms with Crippen molar-refractivity contribution in [3.05, 3.63) is 65.2 Å². The summed E-state index contributed by atoms with van der Waals surface area (Å²) >= 11 is 0. The Morgan fingerprint density at radius 3 is 2.40 bits per heavy atom. The third kappa shape index (κ3) is 6.91. The quantitative estimate of drug-likeness (QED) is 0.456. The number of nitrogens with one attached hydrogen (secondary N) is 2. The van der Waals surface area contributed by atoms with Crippen molar-refractivity contribution in [1.82, 2.24) is 10.6 Å². The van der Waals surface area contributed by atoms with Crippen molar-refractivity contribution in [3.63, 3.8) is 0 Å². The molecular formula is C27H33N3O5. The van der Waals surface area contributed by atoms with E-state index in [0.29, 0.717) is 17.7 Å². The number of rotatable bonds is 11. The van der Waals surface area contributed by atoms with Crippen LogP contribution >= 0.6 is 0 Å². The molecule has 0 aliphatic heterocycles. The van der Waals surface area contributed by atoms with Gasteiger partial charge in [0.2, 0.25) is 17.7 Å². The summed E-state index contributed by atoms with van der Waals surface area (Å²) < 4.78 is 5.27. The fourth-order valence-corrected chi connectivity index (χ4v) is 4.41. The Bertz CT molecular complexity index is 1080. The highest BCUT2D eigenvalue weighted by molar-refractivity contribution is 6.02.